The van der Waals surface area contributed by atoms with Crippen molar-refractivity contribution in [2.45, 2.75) is 51.9 Å². The topological polar surface area (TPSA) is 129 Å². The van der Waals surface area contributed by atoms with E-state index in [0.29, 0.717) is 28.3 Å². The first kappa shape index (κ1) is 28.8. The summed E-state index contributed by atoms with van der Waals surface area (Å²) in [5.74, 6) is -0.773. The number of nitrogens with zero attached hydrogens (tertiary/aromatic N) is 4. The Morgan fingerprint density at radius 2 is 1.81 bits per heavy atom. The third-order valence-corrected chi connectivity index (χ3v) is 7.39. The summed E-state index contributed by atoms with van der Waals surface area (Å²) in [6, 6.07) is 14.0. The minimum Gasteiger partial charge on any atom is -0.475 e. The Morgan fingerprint density at radius 3 is 2.40 bits per heavy atom. The van der Waals surface area contributed by atoms with Crippen LogP contribution in [0.5, 0.6) is 0 Å². The van der Waals surface area contributed by atoms with Gasteiger partial charge in [0.2, 0.25) is 11.8 Å². The zero-order valence-electron chi connectivity index (χ0n) is 23.0. The largest absolute Gasteiger partial charge is 0.475 e. The number of imidazole rings is 1. The average Bonchev–Trinajstić information content (AvgIpc) is 3.24. The van der Waals surface area contributed by atoms with E-state index in [1.165, 1.54) is 12.1 Å². The van der Waals surface area contributed by atoms with Gasteiger partial charge in [-0.2, -0.15) is 18.2 Å². The molecule has 1 aliphatic rings. The number of benzene rings is 2. The summed E-state index contributed by atoms with van der Waals surface area (Å²) in [5, 5.41) is 24.7. The monoisotopic (exact) mass is 577 g/mol. The molecule has 1 saturated carbocycles. The minimum atomic E-state index is -4.46. The molecule has 1 atom stereocenters. The molecule has 4 aromatic rings. The predicted octanol–water partition coefficient (Wildman–Crippen LogP) is 6.58. The Kier molecular flexibility index (Phi) is 7.97. The van der Waals surface area contributed by atoms with Gasteiger partial charge in [0, 0.05) is 11.7 Å². The molecule has 12 heteroatoms. The highest BCUT2D eigenvalue weighted by Crippen LogP contribution is 2.34. The number of nitrogens with one attached hydrogen (secondary N) is 3. The number of aromatic carboxylic acids is 1. The van der Waals surface area contributed by atoms with E-state index in [1.807, 2.05) is 37.3 Å². The fourth-order valence-corrected chi connectivity index (χ4v) is 4.87. The van der Waals surface area contributed by atoms with E-state index in [9.17, 15) is 23.1 Å². The highest BCUT2D eigenvalue weighted by Gasteiger charge is 2.30. The van der Waals surface area contributed by atoms with Crippen molar-refractivity contribution in [1.29, 1.82) is 5.41 Å². The Hall–Kier alpha value is -4.74. The van der Waals surface area contributed by atoms with Gasteiger partial charge in [-0.05, 0) is 61.9 Å². The van der Waals surface area contributed by atoms with Crippen LogP contribution in [0.15, 0.2) is 66.4 Å². The predicted molar refractivity (Wildman–Crippen MR) is 154 cm³/mol. The van der Waals surface area contributed by atoms with Gasteiger partial charge in [0.25, 0.3) is 0 Å². The molecule has 9 nitrogen and oxygen atoms in total. The molecule has 42 heavy (non-hydrogen) atoms. The highest BCUT2D eigenvalue weighted by molar-refractivity contribution is 6.07. The molecule has 0 aliphatic heterocycles. The Bertz CT molecular complexity index is 1640. The molecule has 0 bridgehead atoms. The van der Waals surface area contributed by atoms with Crippen molar-refractivity contribution in [3.8, 4) is 0 Å². The van der Waals surface area contributed by atoms with Crippen LogP contribution in [-0.4, -0.2) is 42.3 Å². The molecule has 2 aromatic carbocycles. The number of anilines is 2. The van der Waals surface area contributed by atoms with Crippen LogP contribution in [-0.2, 0) is 12.7 Å². The molecule has 1 fully saturated rings. The molecular formula is C30H30F3N7O2. The first-order valence-electron chi connectivity index (χ1n) is 13.5. The molecule has 218 valence electrons. The molecule has 2 aromatic heterocycles. The molecule has 0 radical (unpaired) electrons. The average molecular weight is 578 g/mol. The molecule has 5 rings (SSSR count). The van der Waals surface area contributed by atoms with E-state index in [4.69, 9.17) is 5.41 Å². The van der Waals surface area contributed by atoms with E-state index >= 15 is 0 Å². The van der Waals surface area contributed by atoms with Gasteiger partial charge in [0.05, 0.1) is 17.8 Å². The zero-order chi connectivity index (χ0) is 30.0. The number of fused-ring (bicyclic) bond motifs is 1. The summed E-state index contributed by atoms with van der Waals surface area (Å²) in [6.45, 7) is 3.87. The molecule has 1 aliphatic carbocycles. The normalized spacial score (nSPS) is 14.8. The summed E-state index contributed by atoms with van der Waals surface area (Å²) in [4.78, 5) is 24.9. The third kappa shape index (κ3) is 6.27. The number of allylic oxidation sites excluding steroid dienone is 2. The van der Waals surface area contributed by atoms with E-state index in [-0.39, 0.29) is 35.7 Å². The lowest BCUT2D eigenvalue weighted by Crippen LogP contribution is -2.31. The summed E-state index contributed by atoms with van der Waals surface area (Å²) < 4.78 is 41.3. The van der Waals surface area contributed by atoms with Crippen LogP contribution in [0, 0.1) is 11.3 Å². The standard InChI is InChI=1S/C30H30F3N7O2/c1-17(15-23(34)21-7-4-3-5-8-21)35-29-39-26-24(40(29)16-19-11-13-22(14-12-19)30(31,32)33)25(37-27(38-26)28(41)42)36-18(2)20-9-6-10-20/h3-5,7-8,11-15,18,20,34H,6,9-10,16H2,1-2H3,(H,41,42)(H2,35,36,37,38,39)/b17-15-,34-23?/t18-/m1/s1. The van der Waals surface area contributed by atoms with Crippen LogP contribution in [0.25, 0.3) is 11.2 Å². The van der Waals surface area contributed by atoms with Crippen molar-refractivity contribution >= 4 is 34.6 Å². The summed E-state index contributed by atoms with van der Waals surface area (Å²) in [5.41, 5.74) is 1.87. The number of halogens is 3. The van der Waals surface area contributed by atoms with Gasteiger partial charge in [-0.3, -0.25) is 0 Å². The lowest BCUT2D eigenvalue weighted by molar-refractivity contribution is -0.137. The minimum absolute atomic E-state index is 0.00250. The third-order valence-electron chi connectivity index (χ3n) is 7.39. The van der Waals surface area contributed by atoms with Crippen molar-refractivity contribution in [3.05, 3.63) is 88.9 Å². The maximum Gasteiger partial charge on any atom is 0.416 e. The fraction of sp³-hybridized carbons (Fsp3) is 0.300. The zero-order valence-corrected chi connectivity index (χ0v) is 23.0. The first-order chi connectivity index (χ1) is 20.0. The number of alkyl halides is 3. The molecule has 0 amide bonds. The number of rotatable bonds is 10. The number of carbonyl (C=O) groups is 1. The van der Waals surface area contributed by atoms with Crippen molar-refractivity contribution in [2.24, 2.45) is 5.92 Å². The SMILES string of the molecule is C/C(=C/C(=N)c1ccccc1)Nc1nc2nc(C(=O)O)nc(N[C@H](C)C3CCC3)c2n1Cc1ccc(C(F)(F)F)cc1. The van der Waals surface area contributed by atoms with Gasteiger partial charge < -0.3 is 25.7 Å². The van der Waals surface area contributed by atoms with Gasteiger partial charge in [0.1, 0.15) is 5.52 Å². The van der Waals surface area contributed by atoms with E-state index < -0.39 is 23.5 Å². The summed E-state index contributed by atoms with van der Waals surface area (Å²) in [7, 11) is 0. The molecule has 0 unspecified atom stereocenters. The van der Waals surface area contributed by atoms with E-state index in [0.717, 1.165) is 31.4 Å². The van der Waals surface area contributed by atoms with Crippen LogP contribution in [0.1, 0.15) is 60.4 Å². The lowest BCUT2D eigenvalue weighted by atomic mass is 9.80. The first-order valence-corrected chi connectivity index (χ1v) is 13.5. The quantitative estimate of drug-likeness (QED) is 0.157. The van der Waals surface area contributed by atoms with E-state index in [2.05, 4.69) is 25.6 Å². The highest BCUT2D eigenvalue weighted by atomic mass is 19.4. The van der Waals surface area contributed by atoms with Crippen LogP contribution in [0.4, 0.5) is 24.9 Å². The second-order valence-electron chi connectivity index (χ2n) is 10.4. The fourth-order valence-electron chi connectivity index (χ4n) is 4.87. The number of aromatic nitrogens is 4. The second kappa shape index (κ2) is 11.6. The molecule has 0 spiro atoms. The lowest BCUT2D eigenvalue weighted by Gasteiger charge is -2.32. The molecule has 0 saturated heterocycles. The molecule has 2 heterocycles. The maximum atomic E-state index is 13.2. The number of carboxylic acids is 1. The van der Waals surface area contributed by atoms with Crippen molar-refractivity contribution in [3.63, 3.8) is 0 Å². The van der Waals surface area contributed by atoms with Gasteiger partial charge in [-0.15, -0.1) is 0 Å². The van der Waals surface area contributed by atoms with Crippen LogP contribution in [0.3, 0.4) is 0 Å². The van der Waals surface area contributed by atoms with Crippen LogP contribution < -0.4 is 10.6 Å². The van der Waals surface area contributed by atoms with Crippen LogP contribution in [0.2, 0.25) is 0 Å². The Labute approximate surface area is 240 Å². The number of hydrogen-bond acceptors (Lipinski definition) is 7. The summed E-state index contributed by atoms with van der Waals surface area (Å²) >= 11 is 0. The van der Waals surface area contributed by atoms with Crippen LogP contribution >= 0.6 is 0 Å². The van der Waals surface area contributed by atoms with Gasteiger partial charge >= 0.3 is 12.1 Å². The van der Waals surface area contributed by atoms with Crippen molar-refractivity contribution < 1.29 is 23.1 Å². The Morgan fingerprint density at radius 1 is 1.12 bits per heavy atom. The van der Waals surface area contributed by atoms with Crippen molar-refractivity contribution in [1.82, 2.24) is 19.5 Å². The van der Waals surface area contributed by atoms with Crippen molar-refractivity contribution in [2.75, 3.05) is 10.6 Å². The maximum absolute atomic E-state index is 13.2. The van der Waals surface area contributed by atoms with Gasteiger partial charge in [0.15, 0.2) is 11.5 Å². The second-order valence-corrected chi connectivity index (χ2v) is 10.4. The van der Waals surface area contributed by atoms with E-state index in [1.54, 1.807) is 17.6 Å². The van der Waals surface area contributed by atoms with Gasteiger partial charge in [-0.25, -0.2) is 14.8 Å². The molecule has 4 N–H and O–H groups in total. The number of hydrogen-bond donors (Lipinski definition) is 4. The smallest absolute Gasteiger partial charge is 0.416 e. The summed E-state index contributed by atoms with van der Waals surface area (Å²) in [6.07, 6.45) is 0.378. The Balaban J connectivity index is 1.59. The molecular weight excluding hydrogens is 547 g/mol. The van der Waals surface area contributed by atoms with Gasteiger partial charge in [-0.1, -0.05) is 48.9 Å². The number of carboxylic acid groups (broad SMARTS) is 1.